The zero-order valence-electron chi connectivity index (χ0n) is 22.8. The summed E-state index contributed by atoms with van der Waals surface area (Å²) in [7, 11) is 7.00. The maximum atomic E-state index is 5.38. The largest absolute Gasteiger partial charge is 0.383 e. The van der Waals surface area contributed by atoms with Crippen LogP contribution in [0.1, 0.15) is 25.0 Å². The van der Waals surface area contributed by atoms with Gasteiger partial charge in [0.2, 0.25) is 0 Å². The van der Waals surface area contributed by atoms with E-state index in [0.29, 0.717) is 26.4 Å². The van der Waals surface area contributed by atoms with Crippen LogP contribution < -0.4 is 15.1 Å². The van der Waals surface area contributed by atoms with E-state index in [1.54, 1.807) is 28.4 Å². The second-order valence-corrected chi connectivity index (χ2v) is 9.92. The van der Waals surface area contributed by atoms with Gasteiger partial charge in [0.25, 0.3) is 0 Å². The number of ether oxygens (including phenoxy) is 4. The molecule has 1 aliphatic heterocycles. The Labute approximate surface area is 221 Å². The molecular formula is C28H43N3O4S. The van der Waals surface area contributed by atoms with Crippen molar-refractivity contribution in [2.75, 3.05) is 96.2 Å². The summed E-state index contributed by atoms with van der Waals surface area (Å²) in [5, 5.41) is 3.83. The first-order valence-corrected chi connectivity index (χ1v) is 13.7. The predicted molar refractivity (Wildman–Crippen MR) is 151 cm³/mol. The third-order valence-electron chi connectivity index (χ3n) is 6.56. The normalized spacial score (nSPS) is 12.2. The minimum atomic E-state index is 0.679. The van der Waals surface area contributed by atoms with Crippen molar-refractivity contribution in [3.05, 3.63) is 35.4 Å². The van der Waals surface area contributed by atoms with Crippen LogP contribution in [0.5, 0.6) is 0 Å². The molecule has 0 atom stereocenters. The second-order valence-electron chi connectivity index (χ2n) is 8.84. The molecule has 3 rings (SSSR count). The highest BCUT2D eigenvalue weighted by Crippen LogP contribution is 2.50. The molecule has 0 unspecified atom stereocenters. The Morgan fingerprint density at radius 2 is 0.972 bits per heavy atom. The van der Waals surface area contributed by atoms with E-state index >= 15 is 0 Å². The molecule has 0 fully saturated rings. The van der Waals surface area contributed by atoms with Gasteiger partial charge in [0.1, 0.15) is 0 Å². The number of anilines is 4. The number of hydrogen-bond acceptors (Lipinski definition) is 8. The van der Waals surface area contributed by atoms with Crippen LogP contribution >= 0.6 is 11.8 Å². The number of fused-ring (bicyclic) bond motifs is 2. The molecule has 0 spiro atoms. The molecule has 200 valence electrons. The van der Waals surface area contributed by atoms with Crippen LogP contribution in [0.3, 0.4) is 0 Å². The van der Waals surface area contributed by atoms with Gasteiger partial charge in [-0.2, -0.15) is 0 Å². The van der Waals surface area contributed by atoms with E-state index in [1.807, 2.05) is 11.8 Å². The lowest BCUT2D eigenvalue weighted by atomic mass is 10.0. The van der Waals surface area contributed by atoms with Crippen molar-refractivity contribution in [1.82, 2.24) is 0 Å². The van der Waals surface area contributed by atoms with Gasteiger partial charge in [-0.3, -0.25) is 0 Å². The van der Waals surface area contributed by atoms with Crippen molar-refractivity contribution in [1.29, 1.82) is 0 Å². The topological polar surface area (TPSA) is 55.4 Å². The van der Waals surface area contributed by atoms with E-state index in [-0.39, 0.29) is 0 Å². The average molecular weight is 518 g/mol. The maximum Gasteiger partial charge on any atom is 0.0637 e. The lowest BCUT2D eigenvalue weighted by molar-refractivity contribution is 0.190. The van der Waals surface area contributed by atoms with Crippen molar-refractivity contribution in [3.63, 3.8) is 0 Å². The van der Waals surface area contributed by atoms with Crippen molar-refractivity contribution in [2.45, 2.75) is 36.5 Å². The minimum absolute atomic E-state index is 0.679. The molecule has 1 heterocycles. The molecule has 0 saturated heterocycles. The summed E-state index contributed by atoms with van der Waals surface area (Å²) in [4.78, 5) is 7.23. The van der Waals surface area contributed by atoms with Crippen molar-refractivity contribution < 1.29 is 18.9 Å². The average Bonchev–Trinajstić information content (AvgIpc) is 2.90. The van der Waals surface area contributed by atoms with Crippen molar-refractivity contribution >= 4 is 34.5 Å². The molecule has 7 nitrogen and oxygen atoms in total. The number of benzene rings is 2. The van der Waals surface area contributed by atoms with Crippen LogP contribution in [0.2, 0.25) is 0 Å². The highest BCUT2D eigenvalue weighted by molar-refractivity contribution is 7.99. The molecule has 2 aromatic rings. The van der Waals surface area contributed by atoms with E-state index in [4.69, 9.17) is 18.9 Å². The molecule has 2 aromatic carbocycles. The van der Waals surface area contributed by atoms with Gasteiger partial charge in [-0.15, -0.1) is 0 Å². The second kappa shape index (κ2) is 14.7. The summed E-state index contributed by atoms with van der Waals surface area (Å²) in [6.07, 6.45) is 1.92. The summed E-state index contributed by atoms with van der Waals surface area (Å²) in [5.41, 5.74) is 7.55. The summed E-state index contributed by atoms with van der Waals surface area (Å²) < 4.78 is 21.5. The predicted octanol–water partition coefficient (Wildman–Crippen LogP) is 5.22. The Bertz CT molecular complexity index is 881. The number of nitrogens with zero attached hydrogens (tertiary/aromatic N) is 2. The van der Waals surface area contributed by atoms with Gasteiger partial charge in [-0.05, 0) is 48.2 Å². The first-order valence-electron chi connectivity index (χ1n) is 12.8. The molecule has 1 aliphatic rings. The molecule has 0 amide bonds. The zero-order valence-corrected chi connectivity index (χ0v) is 23.6. The standard InChI is InChI=1S/C28H43N3O4S/c1-7-21-17-23(30(9-13-32-3)10-14-33-4)19-25-27(21)29-28-22(8-2)18-24(20-26(28)36-25)31(11-15-34-5)12-16-35-6/h17-20,29H,7-16H2,1-6H3. The smallest absolute Gasteiger partial charge is 0.0637 e. The van der Waals surface area contributed by atoms with E-state index < -0.39 is 0 Å². The summed E-state index contributed by atoms with van der Waals surface area (Å²) >= 11 is 1.86. The molecule has 0 saturated carbocycles. The van der Waals surface area contributed by atoms with Crippen LogP contribution in [-0.2, 0) is 31.8 Å². The fourth-order valence-corrected chi connectivity index (χ4v) is 5.64. The monoisotopic (exact) mass is 517 g/mol. The first-order chi connectivity index (χ1) is 17.6. The van der Waals surface area contributed by atoms with Gasteiger partial charge in [0, 0.05) is 75.8 Å². The van der Waals surface area contributed by atoms with Crippen LogP contribution in [0, 0.1) is 0 Å². The van der Waals surface area contributed by atoms with E-state index in [0.717, 1.165) is 39.0 Å². The lowest BCUT2D eigenvalue weighted by Crippen LogP contribution is -2.31. The lowest BCUT2D eigenvalue weighted by Gasteiger charge is -2.31. The Hall–Kier alpha value is -1.97. The number of hydrogen-bond donors (Lipinski definition) is 1. The summed E-state index contributed by atoms with van der Waals surface area (Å²) in [5.74, 6) is 0. The Morgan fingerprint density at radius 3 is 1.28 bits per heavy atom. The van der Waals surface area contributed by atoms with Crippen LogP contribution in [0.25, 0.3) is 0 Å². The third kappa shape index (κ3) is 7.07. The molecule has 36 heavy (non-hydrogen) atoms. The van der Waals surface area contributed by atoms with E-state index in [9.17, 15) is 0 Å². The molecule has 8 heteroatoms. The van der Waals surface area contributed by atoms with Gasteiger partial charge in [0.15, 0.2) is 0 Å². The van der Waals surface area contributed by atoms with Crippen LogP contribution in [-0.4, -0.2) is 81.0 Å². The molecule has 1 N–H and O–H groups in total. The molecule has 0 radical (unpaired) electrons. The Balaban J connectivity index is 1.99. The van der Waals surface area contributed by atoms with Crippen LogP contribution in [0.4, 0.5) is 22.7 Å². The zero-order chi connectivity index (χ0) is 25.9. The SMILES string of the molecule is CCc1cc(N(CCOC)CCOC)cc2c1Nc1c(CC)cc(N(CCOC)CCOC)cc1S2. The number of methoxy groups -OCH3 is 4. The van der Waals surface area contributed by atoms with Gasteiger partial charge in [-0.25, -0.2) is 0 Å². The molecule has 0 aromatic heterocycles. The fourth-order valence-electron chi connectivity index (χ4n) is 4.47. The Morgan fingerprint density at radius 1 is 0.611 bits per heavy atom. The van der Waals surface area contributed by atoms with Crippen molar-refractivity contribution in [3.8, 4) is 0 Å². The van der Waals surface area contributed by atoms with Gasteiger partial charge >= 0.3 is 0 Å². The number of nitrogens with one attached hydrogen (secondary N) is 1. The van der Waals surface area contributed by atoms with Gasteiger partial charge in [0.05, 0.1) is 37.8 Å². The van der Waals surface area contributed by atoms with Crippen molar-refractivity contribution in [2.24, 2.45) is 0 Å². The summed E-state index contributed by atoms with van der Waals surface area (Å²) in [6.45, 7) is 10.5. The van der Waals surface area contributed by atoms with Gasteiger partial charge < -0.3 is 34.1 Å². The Kier molecular flexibility index (Phi) is 11.7. The molecular weight excluding hydrogens is 474 g/mol. The summed E-state index contributed by atoms with van der Waals surface area (Å²) in [6, 6.07) is 9.26. The van der Waals surface area contributed by atoms with E-state index in [2.05, 4.69) is 53.2 Å². The minimum Gasteiger partial charge on any atom is -0.383 e. The molecule has 0 bridgehead atoms. The highest BCUT2D eigenvalue weighted by atomic mass is 32.2. The van der Waals surface area contributed by atoms with Crippen LogP contribution in [0.15, 0.2) is 34.1 Å². The highest BCUT2D eigenvalue weighted by Gasteiger charge is 2.24. The first kappa shape index (κ1) is 28.6. The number of aryl methyl sites for hydroxylation is 2. The van der Waals surface area contributed by atoms with E-state index in [1.165, 1.54) is 43.7 Å². The quantitative estimate of drug-likeness (QED) is 0.278. The molecule has 0 aliphatic carbocycles. The maximum absolute atomic E-state index is 5.38. The van der Waals surface area contributed by atoms with Gasteiger partial charge in [-0.1, -0.05) is 25.6 Å². The third-order valence-corrected chi connectivity index (χ3v) is 7.64. The fraction of sp³-hybridized carbons (Fsp3) is 0.571. The number of rotatable bonds is 16.